The lowest BCUT2D eigenvalue weighted by atomic mass is 9.65. The molecule has 3 N–H and O–H groups in total. The highest BCUT2D eigenvalue weighted by Gasteiger charge is 2.52. The Hall–Kier alpha value is -4.33. The summed E-state index contributed by atoms with van der Waals surface area (Å²) in [5, 5.41) is 12.8. The highest BCUT2D eigenvalue weighted by Crippen LogP contribution is 2.50. The van der Waals surface area contributed by atoms with Crippen LogP contribution in [0.1, 0.15) is 36.9 Å². The number of nitrogens with zero attached hydrogens (tertiary/aromatic N) is 2. The van der Waals surface area contributed by atoms with Gasteiger partial charge in [0, 0.05) is 54.7 Å². The summed E-state index contributed by atoms with van der Waals surface area (Å²) in [4.78, 5) is 24.2. The molecule has 2 heterocycles. The van der Waals surface area contributed by atoms with Crippen LogP contribution in [0.2, 0.25) is 0 Å². The molecule has 2 fully saturated rings. The van der Waals surface area contributed by atoms with Crippen molar-refractivity contribution in [3.63, 3.8) is 0 Å². The fourth-order valence-corrected chi connectivity index (χ4v) is 6.24. The average Bonchev–Trinajstić information content (AvgIpc) is 3.57. The summed E-state index contributed by atoms with van der Waals surface area (Å²) in [5.74, 6) is -3.29. The number of anilines is 1. The van der Waals surface area contributed by atoms with E-state index in [4.69, 9.17) is 19.4 Å². The third kappa shape index (κ3) is 7.67. The van der Waals surface area contributed by atoms with Crippen molar-refractivity contribution in [2.75, 3.05) is 26.1 Å². The van der Waals surface area contributed by atoms with E-state index in [2.05, 4.69) is 57.6 Å². The largest absolute Gasteiger partial charge is 0.493 e. The van der Waals surface area contributed by atoms with Gasteiger partial charge >= 0.3 is 18.2 Å². The molecule has 1 saturated carbocycles. The Balaban J connectivity index is 0.000000591. The van der Waals surface area contributed by atoms with Gasteiger partial charge < -0.3 is 29.8 Å². The van der Waals surface area contributed by atoms with E-state index < -0.39 is 29.8 Å². The third-order valence-corrected chi connectivity index (χ3v) is 8.50. The van der Waals surface area contributed by atoms with Gasteiger partial charge in [0.1, 0.15) is 0 Å². The van der Waals surface area contributed by atoms with E-state index in [1.54, 1.807) is 14.2 Å². The Morgan fingerprint density at radius 1 is 1.02 bits per heavy atom. The van der Waals surface area contributed by atoms with Gasteiger partial charge in [-0.2, -0.15) is 13.2 Å². The molecular weight excluding hydrogens is 603 g/mol. The molecule has 5 rings (SSSR count). The van der Waals surface area contributed by atoms with Gasteiger partial charge in [-0.25, -0.2) is 18.4 Å². The topological polar surface area (TPSA) is 105 Å². The lowest BCUT2D eigenvalue weighted by Crippen LogP contribution is -2.52. The number of halogens is 5. The number of aliphatic carboxylic acids is 1. The highest BCUT2D eigenvalue weighted by molar-refractivity contribution is 5.89. The Bertz CT molecular complexity index is 1510. The van der Waals surface area contributed by atoms with E-state index in [0.717, 1.165) is 50.9 Å². The number of carbonyl (C=O) groups is 2. The first-order valence-corrected chi connectivity index (χ1v) is 14.2. The van der Waals surface area contributed by atoms with Crippen molar-refractivity contribution >= 4 is 17.7 Å². The molecule has 2 aliphatic rings. The number of carboxylic acids is 1. The molecule has 0 radical (unpaired) electrons. The normalized spacial score (nSPS) is 21.2. The van der Waals surface area contributed by atoms with Crippen LogP contribution in [0.3, 0.4) is 0 Å². The van der Waals surface area contributed by atoms with Crippen LogP contribution >= 0.6 is 0 Å². The van der Waals surface area contributed by atoms with Gasteiger partial charge in [-0.05, 0) is 74.2 Å². The Morgan fingerprint density at radius 3 is 2.33 bits per heavy atom. The van der Waals surface area contributed by atoms with Crippen molar-refractivity contribution in [3.05, 3.63) is 77.6 Å². The number of carboxylic acid groups (broad SMARTS) is 1. The average molecular weight is 639 g/mol. The van der Waals surface area contributed by atoms with Crippen LogP contribution in [0.25, 0.3) is 0 Å². The minimum Gasteiger partial charge on any atom is -0.493 e. The quantitative estimate of drug-likeness (QED) is 0.281. The summed E-state index contributed by atoms with van der Waals surface area (Å²) in [7, 11) is 5.35. The number of aromatic nitrogens is 1. The molecular formula is C31H35F5N4O5. The zero-order valence-electron chi connectivity index (χ0n) is 25.0. The van der Waals surface area contributed by atoms with Crippen LogP contribution in [-0.2, 0) is 23.8 Å². The van der Waals surface area contributed by atoms with Crippen molar-refractivity contribution < 1.29 is 46.1 Å². The SMILES string of the molecule is COc1ccc([C@@]23CC[C@@H](NC(=O)Nc4ccc(F)c(F)c4)C[C@@H]2N(Cc2cccn2C)CC3)cc1OC.O=C(O)C(F)(F)F. The zero-order valence-corrected chi connectivity index (χ0v) is 25.0. The fraction of sp³-hybridized carbons (Fsp3) is 0.419. The van der Waals surface area contributed by atoms with E-state index in [0.29, 0.717) is 11.5 Å². The molecule has 45 heavy (non-hydrogen) atoms. The highest BCUT2D eigenvalue weighted by atomic mass is 19.4. The number of amides is 2. The lowest BCUT2D eigenvalue weighted by Gasteiger charge is -2.45. The number of alkyl halides is 3. The number of hydrogen-bond donors (Lipinski definition) is 3. The number of rotatable bonds is 7. The molecule has 14 heteroatoms. The maximum atomic E-state index is 13.6. The minimum atomic E-state index is -5.08. The monoisotopic (exact) mass is 638 g/mol. The predicted molar refractivity (Wildman–Crippen MR) is 155 cm³/mol. The first-order chi connectivity index (χ1) is 21.3. The first-order valence-electron chi connectivity index (χ1n) is 14.2. The molecule has 0 bridgehead atoms. The molecule has 1 aliphatic heterocycles. The maximum absolute atomic E-state index is 13.6. The van der Waals surface area contributed by atoms with Crippen molar-refractivity contribution in [1.29, 1.82) is 0 Å². The number of fused-ring (bicyclic) bond motifs is 1. The van der Waals surface area contributed by atoms with E-state index in [1.165, 1.54) is 17.3 Å². The summed E-state index contributed by atoms with van der Waals surface area (Å²) >= 11 is 0. The molecule has 244 valence electrons. The van der Waals surface area contributed by atoms with E-state index in [-0.39, 0.29) is 23.2 Å². The van der Waals surface area contributed by atoms with Crippen molar-refractivity contribution in [2.45, 2.75) is 55.9 Å². The van der Waals surface area contributed by atoms with Crippen LogP contribution in [0.15, 0.2) is 54.7 Å². The molecule has 1 aromatic heterocycles. The van der Waals surface area contributed by atoms with Crippen molar-refractivity contribution in [2.24, 2.45) is 7.05 Å². The summed E-state index contributed by atoms with van der Waals surface area (Å²) in [5.41, 5.74) is 2.58. The van der Waals surface area contributed by atoms with Gasteiger partial charge in [-0.15, -0.1) is 0 Å². The van der Waals surface area contributed by atoms with Crippen LogP contribution in [0, 0.1) is 11.6 Å². The zero-order chi connectivity index (χ0) is 32.9. The number of hydrogen-bond acceptors (Lipinski definition) is 5. The number of urea groups is 1. The number of benzene rings is 2. The van der Waals surface area contributed by atoms with Crippen molar-refractivity contribution in [1.82, 2.24) is 14.8 Å². The predicted octanol–water partition coefficient (Wildman–Crippen LogP) is 5.84. The standard InChI is InChI=1S/C29H34F2N4O3.C2HF3O2/c1-34-13-4-5-22(34)18-35-14-12-29(19-6-9-25(37-2)26(15-19)38-3)11-10-21(17-27(29)35)33-28(36)32-20-7-8-23(30)24(31)16-20;3-2(4,5)1(6)7/h4-9,13,15-16,21,27H,10-12,14,17-18H2,1-3H3,(H2,32,33,36);(H,6,7)/t21-,27+,29+;/m1./s1. The minimum absolute atomic E-state index is 0.0624. The van der Waals surface area contributed by atoms with Crippen LogP contribution < -0.4 is 20.1 Å². The van der Waals surface area contributed by atoms with Crippen LogP contribution in [0.5, 0.6) is 11.5 Å². The maximum Gasteiger partial charge on any atom is 0.490 e. The van der Waals surface area contributed by atoms with Gasteiger partial charge in [-0.1, -0.05) is 6.07 Å². The molecule has 2 aromatic carbocycles. The van der Waals surface area contributed by atoms with Gasteiger partial charge in [0.15, 0.2) is 23.1 Å². The van der Waals surface area contributed by atoms with Crippen molar-refractivity contribution in [3.8, 4) is 11.5 Å². The summed E-state index contributed by atoms with van der Waals surface area (Å²) in [6, 6.07) is 13.5. The van der Waals surface area contributed by atoms with Crippen LogP contribution in [0.4, 0.5) is 32.4 Å². The second kappa shape index (κ2) is 13.8. The second-order valence-electron chi connectivity index (χ2n) is 11.1. The van der Waals surface area contributed by atoms with E-state index >= 15 is 0 Å². The number of nitrogens with one attached hydrogen (secondary N) is 2. The number of methoxy groups -OCH3 is 2. The van der Waals surface area contributed by atoms with E-state index in [9.17, 15) is 26.7 Å². The molecule has 2 amide bonds. The molecule has 1 aliphatic carbocycles. The molecule has 3 atom stereocenters. The number of ether oxygens (including phenoxy) is 2. The summed E-state index contributed by atoms with van der Waals surface area (Å²) < 4.78 is 71.9. The van der Waals surface area contributed by atoms with Gasteiger partial charge in [0.25, 0.3) is 0 Å². The molecule has 9 nitrogen and oxygen atoms in total. The number of aryl methyl sites for hydroxylation is 1. The molecule has 0 spiro atoms. The fourth-order valence-electron chi connectivity index (χ4n) is 6.24. The Morgan fingerprint density at radius 2 is 1.73 bits per heavy atom. The molecule has 0 unspecified atom stereocenters. The van der Waals surface area contributed by atoms with E-state index in [1.807, 2.05) is 6.07 Å². The second-order valence-corrected chi connectivity index (χ2v) is 11.1. The third-order valence-electron chi connectivity index (χ3n) is 8.50. The van der Waals surface area contributed by atoms with Crippen LogP contribution in [-0.4, -0.2) is 65.6 Å². The van der Waals surface area contributed by atoms with Gasteiger partial charge in [-0.3, -0.25) is 4.90 Å². The number of likely N-dealkylation sites (tertiary alicyclic amines) is 1. The van der Waals surface area contributed by atoms with Gasteiger partial charge in [0.05, 0.1) is 14.2 Å². The lowest BCUT2D eigenvalue weighted by molar-refractivity contribution is -0.192. The smallest absolute Gasteiger partial charge is 0.490 e. The molecule has 1 saturated heterocycles. The Kier molecular flexibility index (Phi) is 10.3. The summed E-state index contributed by atoms with van der Waals surface area (Å²) in [6.45, 7) is 1.76. The summed E-state index contributed by atoms with van der Waals surface area (Å²) in [6.07, 6.45) is 0.442. The number of carbonyl (C=O) groups excluding carboxylic acids is 1. The molecule has 3 aromatic rings. The Labute approximate surface area is 256 Å². The van der Waals surface area contributed by atoms with Gasteiger partial charge in [0.2, 0.25) is 0 Å². The first kappa shape index (κ1) is 33.6.